The van der Waals surface area contributed by atoms with E-state index >= 15 is 0 Å². The van der Waals surface area contributed by atoms with Crippen molar-refractivity contribution in [2.24, 2.45) is 5.73 Å². The number of alkyl halides is 3. The minimum atomic E-state index is -4.32. The van der Waals surface area contributed by atoms with Gasteiger partial charge >= 0.3 is 6.18 Å². The van der Waals surface area contributed by atoms with Crippen molar-refractivity contribution in [3.63, 3.8) is 0 Å². The van der Waals surface area contributed by atoms with E-state index in [9.17, 15) is 13.2 Å². The van der Waals surface area contributed by atoms with E-state index < -0.39 is 11.7 Å². The van der Waals surface area contributed by atoms with Crippen LogP contribution in [0, 0.1) is 0 Å². The average Bonchev–Trinajstić information content (AvgIpc) is 2.84. The predicted molar refractivity (Wildman–Crippen MR) is 63.9 cm³/mol. The molecule has 1 aliphatic heterocycles. The van der Waals surface area contributed by atoms with Gasteiger partial charge in [-0.1, -0.05) is 0 Å². The molecule has 6 heteroatoms. The van der Waals surface area contributed by atoms with Gasteiger partial charge in [0.1, 0.15) is 12.4 Å². The number of rotatable bonds is 4. The van der Waals surface area contributed by atoms with Gasteiger partial charge in [-0.15, -0.1) is 0 Å². The van der Waals surface area contributed by atoms with Crippen LogP contribution >= 0.6 is 0 Å². The molecule has 1 aliphatic rings. The summed E-state index contributed by atoms with van der Waals surface area (Å²) < 4.78 is 48.1. The van der Waals surface area contributed by atoms with Crippen molar-refractivity contribution >= 4 is 0 Å². The number of ether oxygens (including phenoxy) is 2. The molecule has 2 rings (SSSR count). The largest absolute Gasteiger partial charge is 0.491 e. The van der Waals surface area contributed by atoms with Crippen LogP contribution < -0.4 is 10.5 Å². The molecule has 1 aromatic rings. The molecule has 106 valence electrons. The number of halogens is 3. The van der Waals surface area contributed by atoms with Gasteiger partial charge in [0.2, 0.25) is 0 Å². The Morgan fingerprint density at radius 3 is 2.32 bits per heavy atom. The molecule has 1 saturated heterocycles. The van der Waals surface area contributed by atoms with E-state index in [0.717, 1.165) is 25.0 Å². The quantitative estimate of drug-likeness (QED) is 0.918. The third-order valence-corrected chi connectivity index (χ3v) is 3.08. The maximum atomic E-state index is 12.4. The lowest BCUT2D eigenvalue weighted by Crippen LogP contribution is -2.23. The van der Waals surface area contributed by atoms with Gasteiger partial charge in [0.05, 0.1) is 17.8 Å². The standard InChI is InChI=1S/C13H16F3NO2/c14-13(15,16)9-1-3-10(4-2-9)18-8-12-6-5-11(7-17)19-12/h1-4,11-12H,5-8,17H2. The van der Waals surface area contributed by atoms with Gasteiger partial charge in [-0.05, 0) is 37.1 Å². The third-order valence-electron chi connectivity index (χ3n) is 3.08. The normalized spacial score (nSPS) is 23.6. The second-order valence-corrected chi connectivity index (χ2v) is 4.53. The first-order chi connectivity index (χ1) is 8.99. The van der Waals surface area contributed by atoms with E-state index in [1.165, 1.54) is 12.1 Å². The summed E-state index contributed by atoms with van der Waals surface area (Å²) in [5.41, 5.74) is 4.81. The van der Waals surface area contributed by atoms with Gasteiger partial charge in [-0.25, -0.2) is 0 Å². The van der Waals surface area contributed by atoms with Gasteiger partial charge in [0, 0.05) is 6.54 Å². The lowest BCUT2D eigenvalue weighted by Gasteiger charge is -2.14. The Morgan fingerprint density at radius 1 is 1.16 bits per heavy atom. The highest BCUT2D eigenvalue weighted by atomic mass is 19.4. The molecular formula is C13H16F3NO2. The molecule has 2 N–H and O–H groups in total. The highest BCUT2D eigenvalue weighted by molar-refractivity contribution is 5.28. The average molecular weight is 275 g/mol. The van der Waals surface area contributed by atoms with Crippen molar-refractivity contribution in [3.8, 4) is 5.75 Å². The summed E-state index contributed by atoms with van der Waals surface area (Å²) in [4.78, 5) is 0. The Morgan fingerprint density at radius 2 is 1.79 bits per heavy atom. The van der Waals surface area contributed by atoms with E-state index in [2.05, 4.69) is 0 Å². The molecule has 3 nitrogen and oxygen atoms in total. The summed E-state index contributed by atoms with van der Waals surface area (Å²) in [6, 6.07) is 4.65. The maximum Gasteiger partial charge on any atom is 0.416 e. The van der Waals surface area contributed by atoms with Gasteiger partial charge in [0.15, 0.2) is 0 Å². The van der Waals surface area contributed by atoms with Crippen LogP contribution in [0.2, 0.25) is 0 Å². The third kappa shape index (κ3) is 3.84. The van der Waals surface area contributed by atoms with Crippen LogP contribution in [-0.4, -0.2) is 25.4 Å². The molecule has 1 aromatic carbocycles. The Balaban J connectivity index is 1.84. The molecule has 0 aromatic heterocycles. The van der Waals surface area contributed by atoms with Crippen molar-refractivity contribution in [2.45, 2.75) is 31.2 Å². The lowest BCUT2D eigenvalue weighted by atomic mass is 10.2. The topological polar surface area (TPSA) is 44.5 Å². The van der Waals surface area contributed by atoms with Gasteiger partial charge < -0.3 is 15.2 Å². The first-order valence-corrected chi connectivity index (χ1v) is 6.14. The number of hydrogen-bond acceptors (Lipinski definition) is 3. The van der Waals surface area contributed by atoms with Crippen LogP contribution in [-0.2, 0) is 10.9 Å². The summed E-state index contributed by atoms with van der Waals surface area (Å²) >= 11 is 0. The van der Waals surface area contributed by atoms with E-state index in [1.54, 1.807) is 0 Å². The van der Waals surface area contributed by atoms with E-state index in [-0.39, 0.29) is 12.2 Å². The molecule has 0 bridgehead atoms. The monoisotopic (exact) mass is 275 g/mol. The summed E-state index contributed by atoms with van der Waals surface area (Å²) in [6.45, 7) is 0.818. The minimum Gasteiger partial charge on any atom is -0.491 e. The van der Waals surface area contributed by atoms with E-state index in [4.69, 9.17) is 15.2 Å². The SMILES string of the molecule is NCC1CCC(COc2ccc(C(F)(F)F)cc2)O1. The number of hydrogen-bond donors (Lipinski definition) is 1. The smallest absolute Gasteiger partial charge is 0.416 e. The highest BCUT2D eigenvalue weighted by Crippen LogP contribution is 2.30. The van der Waals surface area contributed by atoms with Crippen LogP contribution in [0.15, 0.2) is 24.3 Å². The summed E-state index contributed by atoms with van der Waals surface area (Å²) in [6.07, 6.45) is -2.52. The van der Waals surface area contributed by atoms with Crippen LogP contribution in [0.4, 0.5) is 13.2 Å². The van der Waals surface area contributed by atoms with Crippen LogP contribution in [0.3, 0.4) is 0 Å². The van der Waals surface area contributed by atoms with Crippen LogP contribution in [0.25, 0.3) is 0 Å². The maximum absolute atomic E-state index is 12.4. The molecule has 0 radical (unpaired) electrons. The Bertz CT molecular complexity index is 405. The second-order valence-electron chi connectivity index (χ2n) is 4.53. The predicted octanol–water partition coefficient (Wildman–Crippen LogP) is 2.59. The fraction of sp³-hybridized carbons (Fsp3) is 0.538. The van der Waals surface area contributed by atoms with Crippen LogP contribution in [0.1, 0.15) is 18.4 Å². The fourth-order valence-corrected chi connectivity index (χ4v) is 2.01. The molecular weight excluding hydrogens is 259 g/mol. The van der Waals surface area contributed by atoms with Crippen molar-refractivity contribution < 1.29 is 22.6 Å². The summed E-state index contributed by atoms with van der Waals surface area (Å²) in [5, 5.41) is 0. The molecule has 1 heterocycles. The van der Waals surface area contributed by atoms with E-state index in [0.29, 0.717) is 18.9 Å². The summed E-state index contributed by atoms with van der Waals surface area (Å²) in [5.74, 6) is 0.410. The minimum absolute atomic E-state index is 0.0316. The van der Waals surface area contributed by atoms with Crippen molar-refractivity contribution in [1.29, 1.82) is 0 Å². The Hall–Kier alpha value is -1.27. The Labute approximate surface area is 109 Å². The Kier molecular flexibility index (Phi) is 4.31. The molecule has 0 spiro atoms. The second kappa shape index (κ2) is 5.79. The molecule has 2 atom stereocenters. The molecule has 19 heavy (non-hydrogen) atoms. The molecule has 0 amide bonds. The van der Waals surface area contributed by atoms with Gasteiger partial charge in [-0.2, -0.15) is 13.2 Å². The van der Waals surface area contributed by atoms with Crippen molar-refractivity contribution in [1.82, 2.24) is 0 Å². The first kappa shape index (κ1) is 14.1. The van der Waals surface area contributed by atoms with E-state index in [1.807, 2.05) is 0 Å². The molecule has 2 unspecified atom stereocenters. The summed E-state index contributed by atoms with van der Waals surface area (Å²) in [7, 11) is 0. The number of benzene rings is 1. The zero-order valence-electron chi connectivity index (χ0n) is 10.3. The molecule has 0 aliphatic carbocycles. The highest BCUT2D eigenvalue weighted by Gasteiger charge is 2.30. The zero-order valence-corrected chi connectivity index (χ0v) is 10.3. The van der Waals surface area contributed by atoms with Gasteiger partial charge in [-0.3, -0.25) is 0 Å². The van der Waals surface area contributed by atoms with Crippen molar-refractivity contribution in [3.05, 3.63) is 29.8 Å². The lowest BCUT2D eigenvalue weighted by molar-refractivity contribution is -0.137. The van der Waals surface area contributed by atoms with Gasteiger partial charge in [0.25, 0.3) is 0 Å². The molecule has 0 saturated carbocycles. The molecule has 1 fully saturated rings. The zero-order chi connectivity index (χ0) is 13.9. The number of nitrogens with two attached hydrogens (primary N) is 1. The van der Waals surface area contributed by atoms with Crippen molar-refractivity contribution in [2.75, 3.05) is 13.2 Å². The van der Waals surface area contributed by atoms with Crippen LogP contribution in [0.5, 0.6) is 5.75 Å². The first-order valence-electron chi connectivity index (χ1n) is 6.14. The fourth-order valence-electron chi connectivity index (χ4n) is 2.01.